The maximum atomic E-state index is 13.4. The molecule has 1 aromatic carbocycles. The number of benzene rings is 1. The van der Waals surface area contributed by atoms with Crippen LogP contribution in [0.15, 0.2) is 48.8 Å². The first-order valence-corrected chi connectivity index (χ1v) is 11.2. The number of aromatic amines is 1. The van der Waals surface area contributed by atoms with Gasteiger partial charge in [0.1, 0.15) is 0 Å². The second-order valence-corrected chi connectivity index (χ2v) is 8.46. The second kappa shape index (κ2) is 8.49. The molecule has 2 fully saturated rings. The second-order valence-electron chi connectivity index (χ2n) is 8.46. The van der Waals surface area contributed by atoms with E-state index in [4.69, 9.17) is 4.98 Å². The zero-order chi connectivity index (χ0) is 21.2. The molecule has 3 aromatic rings. The Bertz CT molecular complexity index is 1040. The first-order valence-electron chi connectivity index (χ1n) is 11.2. The van der Waals surface area contributed by atoms with Crippen LogP contribution in [0.4, 0.5) is 5.95 Å². The quantitative estimate of drug-likeness (QED) is 0.682. The highest BCUT2D eigenvalue weighted by atomic mass is 16.2. The lowest BCUT2D eigenvalue weighted by molar-refractivity contribution is -0.133. The Hall–Kier alpha value is -3.22. The summed E-state index contributed by atoms with van der Waals surface area (Å²) >= 11 is 0. The molecule has 2 atom stereocenters. The summed E-state index contributed by atoms with van der Waals surface area (Å²) < 4.78 is 0. The SMILES string of the molecule is C[C@H](C(=O)N1CCC[C@H]1c1[nH]ncc1-c1ccnc(N2CCCC2)n1)c1ccccc1. The third-order valence-electron chi connectivity index (χ3n) is 6.52. The maximum Gasteiger partial charge on any atom is 0.230 e. The Kier molecular flexibility index (Phi) is 5.40. The Labute approximate surface area is 182 Å². The minimum Gasteiger partial charge on any atom is -0.341 e. The molecule has 2 aliphatic heterocycles. The van der Waals surface area contributed by atoms with Crippen LogP contribution in [0.5, 0.6) is 0 Å². The topological polar surface area (TPSA) is 78.0 Å². The van der Waals surface area contributed by atoms with Gasteiger partial charge in [-0.15, -0.1) is 0 Å². The first-order chi connectivity index (χ1) is 15.2. The van der Waals surface area contributed by atoms with Crippen molar-refractivity contribution in [1.29, 1.82) is 0 Å². The molecule has 4 heterocycles. The highest BCUT2D eigenvalue weighted by molar-refractivity contribution is 5.84. The highest BCUT2D eigenvalue weighted by Crippen LogP contribution is 2.38. The van der Waals surface area contributed by atoms with Gasteiger partial charge in [0.25, 0.3) is 0 Å². The van der Waals surface area contributed by atoms with Crippen molar-refractivity contribution in [3.63, 3.8) is 0 Å². The van der Waals surface area contributed by atoms with E-state index in [1.165, 1.54) is 12.8 Å². The van der Waals surface area contributed by atoms with Crippen molar-refractivity contribution in [3.05, 3.63) is 60.0 Å². The summed E-state index contributed by atoms with van der Waals surface area (Å²) in [5, 5.41) is 7.51. The van der Waals surface area contributed by atoms with Gasteiger partial charge in [-0.1, -0.05) is 30.3 Å². The molecule has 1 N–H and O–H groups in total. The Balaban J connectivity index is 1.42. The maximum absolute atomic E-state index is 13.4. The summed E-state index contributed by atoms with van der Waals surface area (Å²) in [7, 11) is 0. The van der Waals surface area contributed by atoms with Gasteiger partial charge in [0, 0.05) is 31.4 Å². The van der Waals surface area contributed by atoms with Crippen molar-refractivity contribution in [2.45, 2.75) is 44.6 Å². The van der Waals surface area contributed by atoms with Crippen LogP contribution >= 0.6 is 0 Å². The van der Waals surface area contributed by atoms with E-state index in [0.717, 1.165) is 60.9 Å². The van der Waals surface area contributed by atoms with E-state index in [1.54, 1.807) is 0 Å². The number of hydrogen-bond acceptors (Lipinski definition) is 5. The van der Waals surface area contributed by atoms with Gasteiger partial charge in [-0.2, -0.15) is 5.10 Å². The normalized spacial score (nSPS) is 19.7. The summed E-state index contributed by atoms with van der Waals surface area (Å²) in [6.07, 6.45) is 7.92. The number of nitrogens with one attached hydrogen (secondary N) is 1. The van der Waals surface area contributed by atoms with Crippen LogP contribution in [0.25, 0.3) is 11.3 Å². The average Bonchev–Trinajstić information content (AvgIpc) is 3.59. The number of carbonyl (C=O) groups excluding carboxylic acids is 1. The molecular formula is C24H28N6O. The molecule has 0 saturated carbocycles. The van der Waals surface area contributed by atoms with E-state index >= 15 is 0 Å². The number of anilines is 1. The van der Waals surface area contributed by atoms with E-state index in [-0.39, 0.29) is 17.9 Å². The summed E-state index contributed by atoms with van der Waals surface area (Å²) in [4.78, 5) is 26.9. The predicted molar refractivity (Wildman–Crippen MR) is 120 cm³/mol. The molecule has 160 valence electrons. The van der Waals surface area contributed by atoms with Crippen LogP contribution in [0, 0.1) is 0 Å². The largest absolute Gasteiger partial charge is 0.341 e. The molecule has 0 spiro atoms. The van der Waals surface area contributed by atoms with Gasteiger partial charge in [-0.3, -0.25) is 9.89 Å². The third kappa shape index (κ3) is 3.80. The van der Waals surface area contributed by atoms with Crippen molar-refractivity contribution in [3.8, 4) is 11.3 Å². The first kappa shape index (κ1) is 19.7. The highest BCUT2D eigenvalue weighted by Gasteiger charge is 2.35. The number of aromatic nitrogens is 4. The molecule has 7 heteroatoms. The minimum absolute atomic E-state index is 0.0126. The fraction of sp³-hybridized carbons (Fsp3) is 0.417. The molecule has 2 aliphatic rings. The van der Waals surface area contributed by atoms with E-state index in [0.29, 0.717) is 0 Å². The van der Waals surface area contributed by atoms with Crippen molar-refractivity contribution < 1.29 is 4.79 Å². The van der Waals surface area contributed by atoms with E-state index in [2.05, 4.69) is 20.1 Å². The number of hydrogen-bond donors (Lipinski definition) is 1. The van der Waals surface area contributed by atoms with Gasteiger partial charge in [-0.25, -0.2) is 9.97 Å². The summed E-state index contributed by atoms with van der Waals surface area (Å²) in [5.74, 6) is 0.767. The average molecular weight is 417 g/mol. The van der Waals surface area contributed by atoms with Crippen molar-refractivity contribution in [2.24, 2.45) is 0 Å². The molecule has 0 bridgehead atoms. The van der Waals surface area contributed by atoms with Crippen molar-refractivity contribution in [2.75, 3.05) is 24.5 Å². The van der Waals surface area contributed by atoms with Crippen LogP contribution in [-0.4, -0.2) is 50.6 Å². The van der Waals surface area contributed by atoms with E-state index < -0.39 is 0 Å². The van der Waals surface area contributed by atoms with Crippen molar-refractivity contribution >= 4 is 11.9 Å². The Morgan fingerprint density at radius 1 is 1.10 bits per heavy atom. The fourth-order valence-corrected chi connectivity index (χ4v) is 4.79. The van der Waals surface area contributed by atoms with Gasteiger partial charge in [-0.05, 0) is 44.2 Å². The number of H-pyrrole nitrogens is 1. The number of amides is 1. The zero-order valence-corrected chi connectivity index (χ0v) is 17.9. The molecule has 7 nitrogen and oxygen atoms in total. The van der Waals surface area contributed by atoms with Crippen LogP contribution in [0.3, 0.4) is 0 Å². The lowest BCUT2D eigenvalue weighted by Crippen LogP contribution is -2.34. The van der Waals surface area contributed by atoms with Crippen LogP contribution in [0.1, 0.15) is 55.8 Å². The monoisotopic (exact) mass is 416 g/mol. The summed E-state index contributed by atoms with van der Waals surface area (Å²) in [6, 6.07) is 11.9. The zero-order valence-electron chi connectivity index (χ0n) is 17.9. The smallest absolute Gasteiger partial charge is 0.230 e. The molecule has 0 radical (unpaired) electrons. The number of rotatable bonds is 5. The van der Waals surface area contributed by atoms with E-state index in [9.17, 15) is 4.79 Å². The third-order valence-corrected chi connectivity index (χ3v) is 6.52. The Morgan fingerprint density at radius 3 is 2.71 bits per heavy atom. The molecule has 5 rings (SSSR count). The molecular weight excluding hydrogens is 388 g/mol. The predicted octanol–water partition coefficient (Wildman–Crippen LogP) is 3.93. The number of nitrogens with zero attached hydrogens (tertiary/aromatic N) is 5. The minimum atomic E-state index is -0.172. The molecule has 1 amide bonds. The van der Waals surface area contributed by atoms with Gasteiger partial charge in [0.05, 0.1) is 29.5 Å². The van der Waals surface area contributed by atoms with Gasteiger partial charge < -0.3 is 9.80 Å². The lowest BCUT2D eigenvalue weighted by atomic mass is 9.98. The summed E-state index contributed by atoms with van der Waals surface area (Å²) in [6.45, 7) is 4.77. The van der Waals surface area contributed by atoms with Crippen molar-refractivity contribution in [1.82, 2.24) is 25.1 Å². The summed E-state index contributed by atoms with van der Waals surface area (Å²) in [5.41, 5.74) is 3.84. The van der Waals surface area contributed by atoms with E-state index in [1.807, 2.05) is 60.6 Å². The van der Waals surface area contributed by atoms with Crippen LogP contribution in [0.2, 0.25) is 0 Å². The van der Waals surface area contributed by atoms with Gasteiger partial charge in [0.2, 0.25) is 11.9 Å². The fourth-order valence-electron chi connectivity index (χ4n) is 4.79. The molecule has 0 unspecified atom stereocenters. The van der Waals surface area contributed by atoms with Crippen LogP contribution < -0.4 is 4.90 Å². The molecule has 2 saturated heterocycles. The van der Waals surface area contributed by atoms with Crippen LogP contribution in [-0.2, 0) is 4.79 Å². The van der Waals surface area contributed by atoms with Gasteiger partial charge in [0.15, 0.2) is 0 Å². The Morgan fingerprint density at radius 2 is 1.90 bits per heavy atom. The molecule has 0 aliphatic carbocycles. The number of likely N-dealkylation sites (tertiary alicyclic amines) is 1. The standard InChI is InChI=1S/C24H28N6O/c1-17(18-8-3-2-4-9-18)23(31)30-15-7-10-21(30)22-19(16-26-28-22)20-11-12-25-24(27-20)29-13-5-6-14-29/h2-4,8-9,11-12,16-17,21H,5-7,10,13-15H2,1H3,(H,26,28)/t17-,21-/m0/s1. The number of carbonyl (C=O) groups is 1. The van der Waals surface area contributed by atoms with Gasteiger partial charge >= 0.3 is 0 Å². The lowest BCUT2D eigenvalue weighted by Gasteiger charge is -2.27. The molecule has 31 heavy (non-hydrogen) atoms. The molecule has 2 aromatic heterocycles.